The van der Waals surface area contributed by atoms with Gasteiger partial charge in [0.25, 0.3) is 0 Å². The van der Waals surface area contributed by atoms with Crippen molar-refractivity contribution in [3.05, 3.63) is 0 Å². The van der Waals surface area contributed by atoms with E-state index in [1.807, 2.05) is 0 Å². The molecule has 0 radical (unpaired) electrons. The summed E-state index contributed by atoms with van der Waals surface area (Å²) in [6.45, 7) is -1.91. The average Bonchev–Trinajstić information content (AvgIpc) is 2.98. The van der Waals surface area contributed by atoms with E-state index in [2.05, 4.69) is 0 Å². The number of amides is 1. The minimum Gasteiger partial charge on any atom is -0.435 e. The average molecular weight is 966 g/mol. The molecule has 1 atom stereocenters. The standard InChI is InChI=1S/C22H12F33NO3/c1-56(2,6(58)59)4-5(57)3-7(23,24)8(25,26)9(27,28)10(29,30)11(31,32)12(33,34)13(35,36)14(37,38)15(39,40)16(41,42)17(43,44)18(45,46)19(47,48)20(49,50)21(51,52)22(53,54)55/h5,57H,3-4H2,1-2H3/p+1. The van der Waals surface area contributed by atoms with Crippen LogP contribution in [0.4, 0.5) is 150 Å². The highest BCUT2D eigenvalue weighted by molar-refractivity contribution is 5.56. The van der Waals surface area contributed by atoms with Gasteiger partial charge in [-0.2, -0.15) is 150 Å². The molecule has 0 saturated carbocycles. The molecule has 0 rings (SSSR count). The van der Waals surface area contributed by atoms with Gasteiger partial charge in [-0.1, -0.05) is 0 Å². The van der Waals surface area contributed by atoms with Crippen molar-refractivity contribution < 1.29 is 164 Å². The lowest BCUT2D eigenvalue weighted by atomic mass is 9.82. The van der Waals surface area contributed by atoms with E-state index < -0.39 is 125 Å². The molecule has 0 aromatic heterocycles. The maximum Gasteiger partial charge on any atom is 0.513 e. The first-order valence-electron chi connectivity index (χ1n) is 13.3. The first kappa shape index (κ1) is 56.1. The van der Waals surface area contributed by atoms with Crippen LogP contribution in [0.2, 0.25) is 0 Å². The Bertz CT molecular complexity index is 1540. The van der Waals surface area contributed by atoms with Crippen LogP contribution in [-0.2, 0) is 0 Å². The predicted octanol–water partition coefficient (Wildman–Crippen LogP) is 10.6. The number of aliphatic hydroxyl groups excluding tert-OH is 1. The molecule has 0 spiro atoms. The molecular weight excluding hydrogens is 953 g/mol. The maximum absolute atomic E-state index is 14.1. The van der Waals surface area contributed by atoms with Crippen LogP contribution in [0.25, 0.3) is 0 Å². The van der Waals surface area contributed by atoms with Gasteiger partial charge < -0.3 is 10.2 Å². The van der Waals surface area contributed by atoms with Crippen molar-refractivity contribution in [2.45, 2.75) is 108 Å². The second-order valence-electron chi connectivity index (χ2n) is 12.3. The monoisotopic (exact) mass is 966 g/mol. The Labute approximate surface area is 300 Å². The third-order valence-electron chi connectivity index (χ3n) is 7.62. The number of hydrogen-bond acceptors (Lipinski definition) is 2. The number of nitrogens with zero attached hydrogens (tertiary/aromatic N) is 1. The molecule has 59 heavy (non-hydrogen) atoms. The molecule has 0 aliphatic heterocycles. The van der Waals surface area contributed by atoms with E-state index in [1.165, 1.54) is 0 Å². The zero-order chi connectivity index (χ0) is 49.1. The van der Waals surface area contributed by atoms with Gasteiger partial charge in [-0.15, -0.1) is 0 Å². The number of carboxylic acid groups (broad SMARTS) is 1. The summed E-state index contributed by atoms with van der Waals surface area (Å²) in [6, 6.07) is 0. The molecule has 0 aliphatic carbocycles. The first-order chi connectivity index (χ1) is 24.8. The minimum atomic E-state index is -10.3. The predicted molar refractivity (Wildman–Crippen MR) is 116 cm³/mol. The van der Waals surface area contributed by atoms with Crippen LogP contribution in [0.5, 0.6) is 0 Å². The Balaban J connectivity index is 7.62. The number of quaternary nitrogens is 1. The van der Waals surface area contributed by atoms with E-state index in [1.54, 1.807) is 0 Å². The molecule has 0 aliphatic rings. The number of alkyl halides is 33. The van der Waals surface area contributed by atoms with Gasteiger partial charge in [-0.3, -0.25) is 0 Å². The maximum atomic E-state index is 14.1. The topological polar surface area (TPSA) is 57.5 Å². The highest BCUT2D eigenvalue weighted by Gasteiger charge is 3.01. The van der Waals surface area contributed by atoms with Gasteiger partial charge in [0.1, 0.15) is 12.6 Å². The SMILES string of the molecule is C[N+](C)(CC(O)CC(F)(F)C(F)(F)C(F)(F)C(F)(F)C(F)(F)C(F)(F)C(F)(F)C(F)(F)C(F)(F)C(F)(F)C(F)(F)C(F)(F)C(F)(F)C(F)(F)C(F)(F)C(F)(F)F)C(=O)O. The fraction of sp³-hybridized carbons (Fsp3) is 0.955. The number of rotatable bonds is 18. The molecule has 0 fully saturated rings. The van der Waals surface area contributed by atoms with Crippen molar-refractivity contribution >= 4 is 6.09 Å². The Hall–Kier alpha value is -2.92. The van der Waals surface area contributed by atoms with E-state index in [0.717, 1.165) is 0 Å². The lowest BCUT2D eigenvalue weighted by Crippen LogP contribution is -2.80. The summed E-state index contributed by atoms with van der Waals surface area (Å²) in [7, 11) is 0.672. The highest BCUT2D eigenvalue weighted by Crippen LogP contribution is 2.70. The summed E-state index contributed by atoms with van der Waals surface area (Å²) in [4.78, 5) is 10.9. The largest absolute Gasteiger partial charge is 0.513 e. The van der Waals surface area contributed by atoms with E-state index in [0.29, 0.717) is 14.1 Å². The smallest absolute Gasteiger partial charge is 0.435 e. The van der Waals surface area contributed by atoms with E-state index in [9.17, 15) is 155 Å². The third-order valence-corrected chi connectivity index (χ3v) is 7.62. The Morgan fingerprint density at radius 2 is 0.542 bits per heavy atom. The summed E-state index contributed by atoms with van der Waals surface area (Å²) in [6.07, 6.45) is -17.8. The van der Waals surface area contributed by atoms with Gasteiger partial charge in [-0.05, 0) is 0 Å². The molecule has 0 heterocycles. The van der Waals surface area contributed by atoms with E-state index in [-0.39, 0.29) is 0 Å². The summed E-state index contributed by atoms with van der Waals surface area (Å²) in [5.41, 5.74) is 0. The summed E-state index contributed by atoms with van der Waals surface area (Å²) in [5, 5.41) is 18.0. The Kier molecular flexibility index (Phi) is 13.4. The van der Waals surface area contributed by atoms with Crippen LogP contribution in [-0.4, -0.2) is 143 Å². The van der Waals surface area contributed by atoms with Gasteiger partial charge in [0.05, 0.1) is 14.1 Å². The van der Waals surface area contributed by atoms with Gasteiger partial charge in [-0.25, -0.2) is 4.48 Å². The van der Waals surface area contributed by atoms with Gasteiger partial charge in [0.15, 0.2) is 0 Å². The van der Waals surface area contributed by atoms with Crippen molar-refractivity contribution in [3.63, 3.8) is 0 Å². The normalized spacial score (nSPS) is 17.4. The number of hydrogen-bond donors (Lipinski definition) is 2. The number of halogens is 33. The lowest BCUT2D eigenvalue weighted by molar-refractivity contribution is -0.820. The quantitative estimate of drug-likeness (QED) is 0.106. The van der Waals surface area contributed by atoms with Crippen molar-refractivity contribution in [1.82, 2.24) is 0 Å². The molecule has 354 valence electrons. The van der Waals surface area contributed by atoms with Crippen LogP contribution >= 0.6 is 0 Å². The van der Waals surface area contributed by atoms with Crippen LogP contribution in [0.3, 0.4) is 0 Å². The molecule has 0 aromatic carbocycles. The Morgan fingerprint density at radius 1 is 0.373 bits per heavy atom. The van der Waals surface area contributed by atoms with Crippen LogP contribution < -0.4 is 0 Å². The molecular formula is C22H13F33NO3+. The minimum absolute atomic E-state index is 0.336. The van der Waals surface area contributed by atoms with Gasteiger partial charge in [0, 0.05) is 6.42 Å². The first-order valence-corrected chi connectivity index (χ1v) is 13.3. The summed E-state index contributed by atoms with van der Waals surface area (Å²) in [5.74, 6) is -144. The number of aliphatic hydroxyl groups is 1. The van der Waals surface area contributed by atoms with E-state index >= 15 is 0 Å². The van der Waals surface area contributed by atoms with Crippen molar-refractivity contribution in [2.75, 3.05) is 20.6 Å². The highest BCUT2D eigenvalue weighted by atomic mass is 19.4. The molecule has 1 unspecified atom stereocenters. The van der Waals surface area contributed by atoms with Crippen molar-refractivity contribution in [1.29, 1.82) is 0 Å². The Morgan fingerprint density at radius 3 is 0.712 bits per heavy atom. The number of carbonyl (C=O) groups is 1. The second-order valence-corrected chi connectivity index (χ2v) is 12.3. The zero-order valence-electron chi connectivity index (χ0n) is 26.7. The van der Waals surface area contributed by atoms with Crippen LogP contribution in [0.1, 0.15) is 6.42 Å². The molecule has 1 amide bonds. The van der Waals surface area contributed by atoms with Crippen molar-refractivity contribution in [3.8, 4) is 0 Å². The van der Waals surface area contributed by atoms with Crippen LogP contribution in [0.15, 0.2) is 0 Å². The molecule has 0 saturated heterocycles. The molecule has 37 heteroatoms. The summed E-state index contributed by atoms with van der Waals surface area (Å²) < 4.78 is 449. The second kappa shape index (κ2) is 14.0. The fourth-order valence-corrected chi connectivity index (χ4v) is 3.87. The fourth-order valence-electron chi connectivity index (χ4n) is 3.87. The number of likely N-dealkylation sites (N-methyl/N-ethyl adjacent to an activating group) is 1. The molecule has 2 N–H and O–H groups in total. The zero-order valence-corrected chi connectivity index (χ0v) is 26.7. The lowest BCUT2D eigenvalue weighted by Gasteiger charge is -2.47. The van der Waals surface area contributed by atoms with Crippen LogP contribution in [0, 0.1) is 0 Å². The van der Waals surface area contributed by atoms with E-state index in [4.69, 9.17) is 5.11 Å². The van der Waals surface area contributed by atoms with Crippen molar-refractivity contribution in [2.24, 2.45) is 0 Å². The summed E-state index contributed by atoms with van der Waals surface area (Å²) >= 11 is 0. The van der Waals surface area contributed by atoms with Gasteiger partial charge >= 0.3 is 101 Å². The third kappa shape index (κ3) is 7.08. The van der Waals surface area contributed by atoms with Gasteiger partial charge in [0.2, 0.25) is 0 Å². The molecule has 0 aromatic rings. The molecule has 0 bridgehead atoms. The molecule has 4 nitrogen and oxygen atoms in total.